The minimum Gasteiger partial charge on any atom is -0.390 e. The van der Waals surface area contributed by atoms with Gasteiger partial charge in [0.1, 0.15) is 10.0 Å². The molecule has 0 aliphatic rings. The van der Waals surface area contributed by atoms with Crippen LogP contribution in [-0.2, 0) is 0 Å². The van der Waals surface area contributed by atoms with Crippen LogP contribution >= 0.6 is 43.2 Å². The second-order valence-corrected chi connectivity index (χ2v) is 4.13. The van der Waals surface area contributed by atoms with Gasteiger partial charge in [0.15, 0.2) is 0 Å². The first-order chi connectivity index (χ1) is 4.13. The molecule has 2 nitrogen and oxygen atoms in total. The Morgan fingerprint density at radius 2 is 1.33 bits per heavy atom. The first-order valence-corrected chi connectivity index (χ1v) is 4.52. The highest BCUT2D eigenvalue weighted by Crippen LogP contribution is 2.41. The van der Waals surface area contributed by atoms with Crippen LogP contribution in [-0.4, -0.2) is 0 Å². The van der Waals surface area contributed by atoms with Crippen molar-refractivity contribution in [2.75, 3.05) is 11.5 Å². The van der Waals surface area contributed by atoms with Crippen molar-refractivity contribution in [3.8, 4) is 0 Å². The fourth-order valence-corrected chi connectivity index (χ4v) is 2.22. The van der Waals surface area contributed by atoms with Gasteiger partial charge in [-0.15, -0.1) is 0 Å². The zero-order valence-corrected chi connectivity index (χ0v) is 8.31. The molecular formula is C4H4Br2N2S. The number of rotatable bonds is 0. The summed E-state index contributed by atoms with van der Waals surface area (Å²) in [6, 6.07) is 0. The molecule has 50 valence electrons. The summed E-state index contributed by atoms with van der Waals surface area (Å²) >= 11 is 7.87. The average molecular weight is 272 g/mol. The van der Waals surface area contributed by atoms with Gasteiger partial charge in [-0.2, -0.15) is 0 Å². The molecule has 0 radical (unpaired) electrons. The number of anilines is 2. The molecule has 9 heavy (non-hydrogen) atoms. The van der Waals surface area contributed by atoms with Crippen LogP contribution in [0.15, 0.2) is 8.95 Å². The summed E-state index contributed by atoms with van der Waals surface area (Å²) in [5.74, 6) is 0. The SMILES string of the molecule is Nc1sc(N)c(Br)c1Br. The highest BCUT2D eigenvalue weighted by Gasteiger charge is 2.07. The Labute approximate surface area is 73.5 Å². The van der Waals surface area contributed by atoms with E-state index in [1.165, 1.54) is 11.3 Å². The topological polar surface area (TPSA) is 52.0 Å². The maximum atomic E-state index is 5.50. The van der Waals surface area contributed by atoms with Crippen molar-refractivity contribution >= 4 is 53.2 Å². The van der Waals surface area contributed by atoms with Gasteiger partial charge in [0, 0.05) is 0 Å². The smallest absolute Gasteiger partial charge is 0.103 e. The standard InChI is InChI=1S/C4H4Br2N2S/c5-1-2(6)4(8)9-3(1)7/h7-8H2. The lowest BCUT2D eigenvalue weighted by Gasteiger charge is -1.84. The molecule has 4 N–H and O–H groups in total. The molecule has 5 heteroatoms. The molecule has 1 aromatic rings. The van der Waals surface area contributed by atoms with E-state index in [4.69, 9.17) is 11.5 Å². The lowest BCUT2D eigenvalue weighted by molar-refractivity contribution is 1.75. The molecule has 0 fully saturated rings. The van der Waals surface area contributed by atoms with E-state index in [0.29, 0.717) is 10.0 Å². The fourth-order valence-electron chi connectivity index (χ4n) is 0.424. The highest BCUT2D eigenvalue weighted by molar-refractivity contribution is 9.13. The summed E-state index contributed by atoms with van der Waals surface area (Å²) in [5.41, 5.74) is 11.0. The number of hydrogen-bond donors (Lipinski definition) is 2. The molecule has 0 bridgehead atoms. The van der Waals surface area contributed by atoms with E-state index >= 15 is 0 Å². The summed E-state index contributed by atoms with van der Waals surface area (Å²) in [4.78, 5) is 0. The van der Waals surface area contributed by atoms with Crippen molar-refractivity contribution in [1.82, 2.24) is 0 Å². The van der Waals surface area contributed by atoms with Gasteiger partial charge in [0.25, 0.3) is 0 Å². The van der Waals surface area contributed by atoms with Crippen molar-refractivity contribution in [2.24, 2.45) is 0 Å². The van der Waals surface area contributed by atoms with Crippen LogP contribution in [0.5, 0.6) is 0 Å². The second-order valence-electron chi connectivity index (χ2n) is 1.46. The number of nitrogen functional groups attached to an aromatic ring is 2. The van der Waals surface area contributed by atoms with E-state index < -0.39 is 0 Å². The first-order valence-electron chi connectivity index (χ1n) is 2.11. The molecular weight excluding hydrogens is 268 g/mol. The van der Waals surface area contributed by atoms with Gasteiger partial charge >= 0.3 is 0 Å². The third kappa shape index (κ3) is 1.22. The van der Waals surface area contributed by atoms with Crippen molar-refractivity contribution in [2.45, 2.75) is 0 Å². The van der Waals surface area contributed by atoms with E-state index in [-0.39, 0.29) is 0 Å². The van der Waals surface area contributed by atoms with E-state index in [1.54, 1.807) is 0 Å². The molecule has 1 aromatic heterocycles. The number of hydrogen-bond acceptors (Lipinski definition) is 3. The van der Waals surface area contributed by atoms with E-state index in [1.807, 2.05) is 0 Å². The summed E-state index contributed by atoms with van der Waals surface area (Å²) in [6.07, 6.45) is 0. The normalized spacial score (nSPS) is 10.0. The number of halogens is 2. The Bertz CT molecular complexity index is 210. The van der Waals surface area contributed by atoms with Gasteiger partial charge in [-0.05, 0) is 31.9 Å². The van der Waals surface area contributed by atoms with Gasteiger partial charge in [0.05, 0.1) is 8.95 Å². The molecule has 1 heterocycles. The van der Waals surface area contributed by atoms with Crippen molar-refractivity contribution in [3.05, 3.63) is 8.95 Å². The predicted octanol–water partition coefficient (Wildman–Crippen LogP) is 2.44. The number of thiophene rings is 1. The van der Waals surface area contributed by atoms with Gasteiger partial charge < -0.3 is 11.5 Å². The molecule has 0 saturated heterocycles. The summed E-state index contributed by atoms with van der Waals surface area (Å²) in [5, 5.41) is 1.42. The van der Waals surface area contributed by atoms with E-state index in [2.05, 4.69) is 31.9 Å². The summed E-state index contributed by atoms with van der Waals surface area (Å²) in [6.45, 7) is 0. The summed E-state index contributed by atoms with van der Waals surface area (Å²) in [7, 11) is 0. The maximum absolute atomic E-state index is 5.50. The zero-order chi connectivity index (χ0) is 7.02. The Kier molecular flexibility index (Phi) is 2.03. The minimum absolute atomic E-state index is 0.708. The van der Waals surface area contributed by atoms with Crippen LogP contribution in [0.4, 0.5) is 10.0 Å². The van der Waals surface area contributed by atoms with Crippen molar-refractivity contribution in [1.29, 1.82) is 0 Å². The number of nitrogens with two attached hydrogens (primary N) is 2. The van der Waals surface area contributed by atoms with Crippen LogP contribution in [0.1, 0.15) is 0 Å². The largest absolute Gasteiger partial charge is 0.390 e. The lowest BCUT2D eigenvalue weighted by Crippen LogP contribution is -1.76. The molecule has 0 spiro atoms. The highest BCUT2D eigenvalue weighted by atomic mass is 79.9. The molecule has 0 aliphatic heterocycles. The van der Waals surface area contributed by atoms with Gasteiger partial charge in [-0.1, -0.05) is 11.3 Å². The van der Waals surface area contributed by atoms with Crippen LogP contribution in [0.25, 0.3) is 0 Å². The van der Waals surface area contributed by atoms with Crippen molar-refractivity contribution in [3.63, 3.8) is 0 Å². The van der Waals surface area contributed by atoms with Crippen LogP contribution in [0.3, 0.4) is 0 Å². The second kappa shape index (κ2) is 2.48. The zero-order valence-electron chi connectivity index (χ0n) is 4.32. The monoisotopic (exact) mass is 270 g/mol. The molecule has 1 rings (SSSR count). The molecule has 0 saturated carbocycles. The Morgan fingerprint density at radius 1 is 1.00 bits per heavy atom. The van der Waals surface area contributed by atoms with E-state index in [9.17, 15) is 0 Å². The van der Waals surface area contributed by atoms with Crippen LogP contribution in [0, 0.1) is 0 Å². The predicted molar refractivity (Wildman–Crippen MR) is 48.5 cm³/mol. The average Bonchev–Trinajstić information content (AvgIpc) is 1.98. The third-order valence-corrected chi connectivity index (χ3v) is 4.40. The Morgan fingerprint density at radius 3 is 1.44 bits per heavy atom. The quantitative estimate of drug-likeness (QED) is 0.762. The maximum Gasteiger partial charge on any atom is 0.103 e. The van der Waals surface area contributed by atoms with Gasteiger partial charge in [0.2, 0.25) is 0 Å². The molecule has 0 aliphatic carbocycles. The van der Waals surface area contributed by atoms with Gasteiger partial charge in [-0.25, -0.2) is 0 Å². The Balaban J connectivity index is 3.29. The molecule has 0 unspecified atom stereocenters. The summed E-state index contributed by atoms with van der Waals surface area (Å²) < 4.78 is 1.70. The van der Waals surface area contributed by atoms with Crippen LogP contribution in [0.2, 0.25) is 0 Å². The molecule has 0 atom stereocenters. The van der Waals surface area contributed by atoms with Crippen molar-refractivity contribution < 1.29 is 0 Å². The first kappa shape index (κ1) is 7.37. The van der Waals surface area contributed by atoms with E-state index in [0.717, 1.165) is 8.95 Å². The third-order valence-electron chi connectivity index (χ3n) is 0.845. The molecule has 0 aromatic carbocycles. The minimum atomic E-state index is 0.708. The molecule has 0 amide bonds. The van der Waals surface area contributed by atoms with Crippen LogP contribution < -0.4 is 11.5 Å². The fraction of sp³-hybridized carbons (Fsp3) is 0. The Hall–Kier alpha value is 0.260. The lowest BCUT2D eigenvalue weighted by atomic mass is 10.6. The van der Waals surface area contributed by atoms with Gasteiger partial charge in [-0.3, -0.25) is 0 Å².